The molecular formula is C27H29ClF2N4O4. The van der Waals surface area contributed by atoms with Gasteiger partial charge < -0.3 is 25.6 Å². The van der Waals surface area contributed by atoms with E-state index in [0.717, 1.165) is 12.8 Å². The van der Waals surface area contributed by atoms with Crippen LogP contribution in [0.5, 0.6) is 0 Å². The lowest BCUT2D eigenvalue weighted by Crippen LogP contribution is -2.47. The monoisotopic (exact) mass is 546 g/mol. The van der Waals surface area contributed by atoms with Crippen LogP contribution in [0.15, 0.2) is 47.7 Å². The van der Waals surface area contributed by atoms with E-state index < -0.39 is 17.5 Å². The molecule has 0 atom stereocenters. The summed E-state index contributed by atoms with van der Waals surface area (Å²) < 4.78 is 35.7. The van der Waals surface area contributed by atoms with Gasteiger partial charge in [-0.25, -0.2) is 13.6 Å². The van der Waals surface area contributed by atoms with Gasteiger partial charge in [-0.05, 0) is 43.2 Å². The lowest BCUT2D eigenvalue weighted by Gasteiger charge is -2.37. The van der Waals surface area contributed by atoms with Crippen LogP contribution >= 0.6 is 11.6 Å². The highest BCUT2D eigenvalue weighted by molar-refractivity contribution is 6.35. The Kier molecular flexibility index (Phi) is 8.03. The number of allylic oxidation sites excluding steroid dienone is 1. The van der Waals surface area contributed by atoms with Crippen molar-refractivity contribution < 1.29 is 28.5 Å². The number of piperidine rings is 1. The molecule has 2 aromatic carbocycles. The van der Waals surface area contributed by atoms with Gasteiger partial charge in [0.1, 0.15) is 23.1 Å². The predicted molar refractivity (Wildman–Crippen MR) is 141 cm³/mol. The number of alkyl halides is 1. The number of likely N-dealkylation sites (tertiary alicyclic amines) is 1. The van der Waals surface area contributed by atoms with E-state index >= 15 is 4.39 Å². The molecule has 6 N–H and O–H groups in total. The number of carboxylic acids is 1. The lowest BCUT2D eigenvalue weighted by atomic mass is 9.93. The molecule has 0 bridgehead atoms. The second kappa shape index (κ2) is 11.1. The number of aromatic carboxylic acids is 1. The Morgan fingerprint density at radius 3 is 2.47 bits per heavy atom. The number of ether oxygens (including phenoxy) is 1. The summed E-state index contributed by atoms with van der Waals surface area (Å²) >= 11 is 6.12. The molecule has 0 aromatic heterocycles. The molecule has 0 radical (unpaired) electrons. The van der Waals surface area contributed by atoms with Crippen LogP contribution in [0.1, 0.15) is 47.2 Å². The van der Waals surface area contributed by atoms with Gasteiger partial charge in [-0.2, -0.15) is 0 Å². The van der Waals surface area contributed by atoms with Crippen molar-refractivity contribution in [2.24, 2.45) is 5.92 Å². The summed E-state index contributed by atoms with van der Waals surface area (Å²) in [6.45, 7) is -0.224. The van der Waals surface area contributed by atoms with E-state index in [-0.39, 0.29) is 95.3 Å². The van der Waals surface area contributed by atoms with Gasteiger partial charge in [0.25, 0.3) is 0 Å². The first-order valence-corrected chi connectivity index (χ1v) is 12.6. The average Bonchev–Trinajstić information content (AvgIpc) is 3.72. The third-order valence-corrected chi connectivity index (χ3v) is 7.24. The quantitative estimate of drug-likeness (QED) is 0.127. The Morgan fingerprint density at radius 1 is 1.18 bits per heavy atom. The van der Waals surface area contributed by atoms with Gasteiger partial charge in [-0.3, -0.25) is 10.8 Å². The summed E-state index contributed by atoms with van der Waals surface area (Å²) in [7, 11) is 0. The van der Waals surface area contributed by atoms with E-state index in [2.05, 4.69) is 0 Å². The molecule has 1 aliphatic heterocycles. The van der Waals surface area contributed by atoms with Crippen molar-refractivity contribution >= 4 is 34.8 Å². The molecule has 202 valence electrons. The molecular weight excluding hydrogens is 518 g/mol. The van der Waals surface area contributed by atoms with E-state index in [9.17, 15) is 19.4 Å². The molecule has 38 heavy (non-hydrogen) atoms. The highest BCUT2D eigenvalue weighted by atomic mass is 35.5. The maximum Gasteiger partial charge on any atom is 0.335 e. The molecule has 2 aromatic rings. The minimum atomic E-state index is -1.72. The Balaban J connectivity index is 1.39. The third kappa shape index (κ3) is 5.97. The van der Waals surface area contributed by atoms with Crippen LogP contribution < -0.4 is 5.73 Å². The number of carbonyl (C=O) groups is 1. The van der Waals surface area contributed by atoms with Crippen molar-refractivity contribution in [3.8, 4) is 0 Å². The Bertz CT molecular complexity index is 1280. The number of nitrogens with one attached hydrogen (secondary N) is 2. The number of hydrogen-bond acceptors (Lipinski definition) is 6. The van der Waals surface area contributed by atoms with Crippen LogP contribution in [0, 0.1) is 22.6 Å². The molecule has 1 saturated carbocycles. The van der Waals surface area contributed by atoms with Gasteiger partial charge in [0.15, 0.2) is 0 Å². The van der Waals surface area contributed by atoms with Crippen LogP contribution in [0.3, 0.4) is 0 Å². The van der Waals surface area contributed by atoms with Gasteiger partial charge in [0.05, 0.1) is 35.1 Å². The van der Waals surface area contributed by atoms with Crippen molar-refractivity contribution in [1.29, 1.82) is 10.8 Å². The Labute approximate surface area is 223 Å². The summed E-state index contributed by atoms with van der Waals surface area (Å²) in [5.74, 6) is -2.02. The number of nitrogens with two attached hydrogens (primary N) is 1. The van der Waals surface area contributed by atoms with Crippen molar-refractivity contribution in [1.82, 2.24) is 4.90 Å². The second-order valence-electron chi connectivity index (χ2n) is 9.70. The largest absolute Gasteiger partial charge is 0.512 e. The SMILES string of the molecule is N=C(/C(COCC1(F)CCN(C(=N)c2cc(C(=O)O)ccc2N)CC1)=C(\O)C1CC1)c1c(F)cccc1Cl. The number of halogens is 3. The molecule has 4 rings (SSSR count). The molecule has 2 fully saturated rings. The fourth-order valence-corrected chi connectivity index (χ4v) is 4.70. The summed E-state index contributed by atoms with van der Waals surface area (Å²) in [6.07, 6.45) is 1.56. The Hall–Kier alpha value is -3.50. The van der Waals surface area contributed by atoms with Gasteiger partial charge in [0.2, 0.25) is 0 Å². The van der Waals surface area contributed by atoms with Gasteiger partial charge in [0, 0.05) is 48.7 Å². The van der Waals surface area contributed by atoms with Crippen LogP contribution in [0.25, 0.3) is 0 Å². The van der Waals surface area contributed by atoms with Crippen LogP contribution in [-0.4, -0.2) is 64.6 Å². The summed E-state index contributed by atoms with van der Waals surface area (Å²) in [6, 6.07) is 8.17. The molecule has 11 heteroatoms. The fourth-order valence-electron chi connectivity index (χ4n) is 4.44. The van der Waals surface area contributed by atoms with Gasteiger partial charge in [-0.15, -0.1) is 0 Å². The van der Waals surface area contributed by atoms with Gasteiger partial charge >= 0.3 is 5.97 Å². The Morgan fingerprint density at radius 2 is 1.87 bits per heavy atom. The van der Waals surface area contributed by atoms with E-state index in [1.165, 1.54) is 36.4 Å². The predicted octanol–water partition coefficient (Wildman–Crippen LogP) is 5.20. The first-order chi connectivity index (χ1) is 18.0. The number of benzene rings is 2. The number of carboxylic acid groups (broad SMARTS) is 1. The minimum absolute atomic E-state index is 0.00439. The number of rotatable bonds is 9. The van der Waals surface area contributed by atoms with Crippen molar-refractivity contribution in [3.63, 3.8) is 0 Å². The van der Waals surface area contributed by atoms with Crippen molar-refractivity contribution in [2.75, 3.05) is 32.0 Å². The van der Waals surface area contributed by atoms with Crippen LogP contribution in [0.4, 0.5) is 14.5 Å². The second-order valence-corrected chi connectivity index (χ2v) is 10.1. The average molecular weight is 547 g/mol. The summed E-state index contributed by atoms with van der Waals surface area (Å²) in [4.78, 5) is 12.9. The van der Waals surface area contributed by atoms with Crippen molar-refractivity contribution in [2.45, 2.75) is 31.4 Å². The summed E-state index contributed by atoms with van der Waals surface area (Å²) in [5.41, 5.74) is 4.40. The van der Waals surface area contributed by atoms with E-state index in [0.29, 0.717) is 0 Å². The topological polar surface area (TPSA) is 144 Å². The molecule has 1 saturated heterocycles. The number of aliphatic hydroxyl groups excluding tert-OH is 1. The van der Waals surface area contributed by atoms with Crippen molar-refractivity contribution in [3.05, 3.63) is 75.3 Å². The fraction of sp³-hybridized carbons (Fsp3) is 0.370. The number of hydrogen-bond donors (Lipinski definition) is 5. The highest BCUT2D eigenvalue weighted by Gasteiger charge is 2.37. The zero-order valence-corrected chi connectivity index (χ0v) is 21.3. The zero-order chi connectivity index (χ0) is 27.6. The summed E-state index contributed by atoms with van der Waals surface area (Å²) in [5, 5.41) is 36.9. The van der Waals surface area contributed by atoms with E-state index in [1.807, 2.05) is 0 Å². The molecule has 0 unspecified atom stereocenters. The number of anilines is 1. The molecule has 8 nitrogen and oxygen atoms in total. The number of aliphatic hydroxyl groups is 1. The standard InChI is InChI=1S/C27H29ClF2N4O4/c28-19-2-1-3-20(29)22(19)23(32)18(24(35)15-4-5-15)13-38-14-27(30)8-10-34(11-9-27)25(33)17-12-16(26(36)37)6-7-21(17)31/h1-3,6-7,12,15,32-33,35H,4-5,8-11,13-14,31H2,(H,36,37)/b24-18-,32-23?,33-25?. The van der Waals surface area contributed by atoms with E-state index in [1.54, 1.807) is 4.90 Å². The zero-order valence-electron chi connectivity index (χ0n) is 20.6. The molecule has 1 aliphatic carbocycles. The normalized spacial score (nSPS) is 17.6. The molecule has 0 spiro atoms. The first-order valence-electron chi connectivity index (χ1n) is 12.2. The highest BCUT2D eigenvalue weighted by Crippen LogP contribution is 2.38. The molecule has 1 heterocycles. The molecule has 0 amide bonds. The number of amidine groups is 1. The number of nitrogen functional groups attached to an aromatic ring is 1. The lowest BCUT2D eigenvalue weighted by molar-refractivity contribution is -0.00851. The van der Waals surface area contributed by atoms with E-state index in [4.69, 9.17) is 32.9 Å². The third-order valence-electron chi connectivity index (χ3n) is 6.93. The maximum atomic E-state index is 15.6. The first kappa shape index (κ1) is 27.5. The van der Waals surface area contributed by atoms with Crippen LogP contribution in [0.2, 0.25) is 5.02 Å². The van der Waals surface area contributed by atoms with Crippen LogP contribution in [-0.2, 0) is 4.74 Å². The minimum Gasteiger partial charge on any atom is -0.512 e. The van der Waals surface area contributed by atoms with Gasteiger partial charge in [-0.1, -0.05) is 17.7 Å². The smallest absolute Gasteiger partial charge is 0.335 e. The molecule has 2 aliphatic rings. The maximum absolute atomic E-state index is 15.6. The number of nitrogens with zero attached hydrogens (tertiary/aromatic N) is 1.